The number of para-hydroxylation sites is 1. The van der Waals surface area contributed by atoms with Crippen LogP contribution in [-0.4, -0.2) is 32.0 Å². The largest absolute Gasteiger partial charge is 0.460 e. The summed E-state index contributed by atoms with van der Waals surface area (Å²) >= 11 is 0. The number of fused-ring (bicyclic) bond motifs is 1. The summed E-state index contributed by atoms with van der Waals surface area (Å²) in [4.78, 5) is 12.0. The van der Waals surface area contributed by atoms with E-state index in [1.165, 1.54) is 0 Å². The highest BCUT2D eigenvalue weighted by Crippen LogP contribution is 2.24. The van der Waals surface area contributed by atoms with E-state index in [0.717, 1.165) is 22.3 Å². The highest BCUT2D eigenvalue weighted by molar-refractivity contribution is 7.91. The van der Waals surface area contributed by atoms with Crippen molar-refractivity contribution in [1.29, 1.82) is 0 Å². The Morgan fingerprint density at radius 2 is 2.22 bits per heavy atom. The molecule has 7 heteroatoms. The summed E-state index contributed by atoms with van der Waals surface area (Å²) in [6.07, 6.45) is 2.63. The van der Waals surface area contributed by atoms with Crippen LogP contribution in [0.25, 0.3) is 11.0 Å². The number of hydrogen-bond donors (Lipinski definition) is 1. The first-order valence-corrected chi connectivity index (χ1v) is 9.36. The van der Waals surface area contributed by atoms with E-state index in [9.17, 15) is 13.2 Å². The summed E-state index contributed by atoms with van der Waals surface area (Å²) in [5.41, 5.74) is 4.05. The molecule has 1 saturated heterocycles. The maximum absolute atomic E-state index is 12.0. The molecule has 0 radical (unpaired) electrons. The highest BCUT2D eigenvalue weighted by Gasteiger charge is 2.32. The van der Waals surface area contributed by atoms with Gasteiger partial charge in [0.25, 0.3) is 0 Å². The van der Waals surface area contributed by atoms with E-state index in [1.807, 2.05) is 31.2 Å². The SMILES string of the molecule is CCc1oc2ccccc2c1/C=N\NC(=O)[C@H]1CCS(=O)(=O)C1. The van der Waals surface area contributed by atoms with E-state index in [-0.39, 0.29) is 17.4 Å². The molecular formula is C16H18N2O4S. The number of nitrogens with one attached hydrogen (secondary N) is 1. The molecular weight excluding hydrogens is 316 g/mol. The van der Waals surface area contributed by atoms with Gasteiger partial charge in [0.2, 0.25) is 5.91 Å². The molecule has 1 aliphatic heterocycles. The lowest BCUT2D eigenvalue weighted by Crippen LogP contribution is -2.27. The summed E-state index contributed by atoms with van der Waals surface area (Å²) in [5.74, 6) is -0.0885. The Kier molecular flexibility index (Phi) is 4.21. The summed E-state index contributed by atoms with van der Waals surface area (Å²) in [6.45, 7) is 1.98. The van der Waals surface area contributed by atoms with Crippen LogP contribution in [0.5, 0.6) is 0 Å². The molecule has 3 rings (SSSR count). The van der Waals surface area contributed by atoms with E-state index >= 15 is 0 Å². The number of nitrogens with zero attached hydrogens (tertiary/aromatic N) is 1. The first kappa shape index (κ1) is 15.7. The number of hydrogen-bond acceptors (Lipinski definition) is 5. The van der Waals surface area contributed by atoms with E-state index < -0.39 is 15.8 Å². The zero-order chi connectivity index (χ0) is 16.4. The molecule has 1 fully saturated rings. The Hall–Kier alpha value is -2.15. The average Bonchev–Trinajstić information content (AvgIpc) is 3.07. The number of carbonyl (C=O) groups is 1. The smallest absolute Gasteiger partial charge is 0.244 e. The van der Waals surface area contributed by atoms with Crippen molar-refractivity contribution in [2.24, 2.45) is 11.0 Å². The standard InChI is InChI=1S/C16H18N2O4S/c1-2-14-13(12-5-3-4-6-15(12)22-14)9-17-18-16(19)11-7-8-23(20,21)10-11/h3-6,9,11H,2,7-8,10H2,1H3,(H,18,19)/b17-9-/t11-/m0/s1. The summed E-state index contributed by atoms with van der Waals surface area (Å²) in [7, 11) is -3.08. The molecule has 0 aliphatic carbocycles. The normalized spacial score (nSPS) is 20.3. The minimum Gasteiger partial charge on any atom is -0.460 e. The van der Waals surface area contributed by atoms with Gasteiger partial charge in [0.1, 0.15) is 11.3 Å². The molecule has 2 heterocycles. The van der Waals surface area contributed by atoms with Crippen LogP contribution in [0.15, 0.2) is 33.8 Å². The van der Waals surface area contributed by atoms with E-state index in [2.05, 4.69) is 10.5 Å². The molecule has 0 spiro atoms. The van der Waals surface area contributed by atoms with Crippen molar-refractivity contribution in [3.8, 4) is 0 Å². The minimum atomic E-state index is -3.08. The highest BCUT2D eigenvalue weighted by atomic mass is 32.2. The van der Waals surface area contributed by atoms with Crippen molar-refractivity contribution >= 4 is 32.9 Å². The summed E-state index contributed by atoms with van der Waals surface area (Å²) in [5, 5.41) is 4.92. The molecule has 1 aliphatic rings. The Morgan fingerprint density at radius 3 is 2.91 bits per heavy atom. The van der Waals surface area contributed by atoms with Gasteiger partial charge in [0.05, 0.1) is 23.6 Å². The number of carbonyl (C=O) groups excluding carboxylic acids is 1. The number of aryl methyl sites for hydroxylation is 1. The Bertz CT molecular complexity index is 867. The molecule has 1 N–H and O–H groups in total. The van der Waals surface area contributed by atoms with E-state index in [0.29, 0.717) is 12.8 Å². The van der Waals surface area contributed by atoms with Crippen LogP contribution in [0.3, 0.4) is 0 Å². The lowest BCUT2D eigenvalue weighted by molar-refractivity contribution is -0.124. The fraction of sp³-hybridized carbons (Fsp3) is 0.375. The Balaban J connectivity index is 1.75. The van der Waals surface area contributed by atoms with Crippen molar-refractivity contribution in [2.75, 3.05) is 11.5 Å². The third-order valence-electron chi connectivity index (χ3n) is 4.00. The number of sulfone groups is 1. The zero-order valence-corrected chi connectivity index (χ0v) is 13.6. The summed E-state index contributed by atoms with van der Waals surface area (Å²) in [6, 6.07) is 7.63. The Labute approximate surface area is 134 Å². The van der Waals surface area contributed by atoms with Crippen molar-refractivity contribution in [3.05, 3.63) is 35.6 Å². The van der Waals surface area contributed by atoms with Crippen LogP contribution in [0.2, 0.25) is 0 Å². The van der Waals surface area contributed by atoms with Crippen molar-refractivity contribution < 1.29 is 17.6 Å². The number of rotatable bonds is 4. The second-order valence-electron chi connectivity index (χ2n) is 5.62. The minimum absolute atomic E-state index is 0.0706. The maximum atomic E-state index is 12.0. The van der Waals surface area contributed by atoms with Gasteiger partial charge < -0.3 is 4.42 Å². The van der Waals surface area contributed by atoms with Crippen molar-refractivity contribution in [1.82, 2.24) is 5.43 Å². The number of amides is 1. The molecule has 23 heavy (non-hydrogen) atoms. The molecule has 1 atom stereocenters. The molecule has 1 aromatic carbocycles. The van der Waals surface area contributed by atoms with Gasteiger partial charge in [-0.2, -0.15) is 5.10 Å². The maximum Gasteiger partial charge on any atom is 0.244 e. The second kappa shape index (κ2) is 6.16. The van der Waals surface area contributed by atoms with E-state index in [1.54, 1.807) is 6.21 Å². The van der Waals surface area contributed by atoms with Gasteiger partial charge >= 0.3 is 0 Å². The third kappa shape index (κ3) is 3.29. The Morgan fingerprint density at radius 1 is 1.43 bits per heavy atom. The topological polar surface area (TPSA) is 88.7 Å². The lowest BCUT2D eigenvalue weighted by atomic mass is 10.1. The van der Waals surface area contributed by atoms with Gasteiger partial charge in [-0.1, -0.05) is 25.1 Å². The van der Waals surface area contributed by atoms with Gasteiger partial charge in [-0.05, 0) is 12.5 Å². The molecule has 0 unspecified atom stereocenters. The molecule has 1 amide bonds. The van der Waals surface area contributed by atoms with Crippen LogP contribution in [-0.2, 0) is 21.1 Å². The van der Waals surface area contributed by atoms with Crippen LogP contribution in [0.1, 0.15) is 24.7 Å². The number of benzene rings is 1. The fourth-order valence-electron chi connectivity index (χ4n) is 2.77. The quantitative estimate of drug-likeness (QED) is 0.683. The monoisotopic (exact) mass is 334 g/mol. The zero-order valence-electron chi connectivity index (χ0n) is 12.8. The number of hydrazone groups is 1. The van der Waals surface area contributed by atoms with Crippen molar-refractivity contribution in [2.45, 2.75) is 19.8 Å². The van der Waals surface area contributed by atoms with Gasteiger partial charge in [-0.3, -0.25) is 4.79 Å². The molecule has 122 valence electrons. The van der Waals surface area contributed by atoms with Gasteiger partial charge in [-0.25, -0.2) is 13.8 Å². The van der Waals surface area contributed by atoms with Crippen molar-refractivity contribution in [3.63, 3.8) is 0 Å². The number of furan rings is 1. The van der Waals surface area contributed by atoms with Gasteiger partial charge in [0, 0.05) is 17.4 Å². The first-order chi connectivity index (χ1) is 11.0. The molecule has 6 nitrogen and oxygen atoms in total. The molecule has 1 aromatic heterocycles. The summed E-state index contributed by atoms with van der Waals surface area (Å²) < 4.78 is 28.6. The first-order valence-electron chi connectivity index (χ1n) is 7.54. The average molecular weight is 334 g/mol. The molecule has 2 aromatic rings. The van der Waals surface area contributed by atoms with Crippen LogP contribution < -0.4 is 5.43 Å². The predicted molar refractivity (Wildman–Crippen MR) is 88.1 cm³/mol. The van der Waals surface area contributed by atoms with Crippen LogP contribution in [0.4, 0.5) is 0 Å². The third-order valence-corrected chi connectivity index (χ3v) is 5.77. The lowest BCUT2D eigenvalue weighted by Gasteiger charge is -2.04. The predicted octanol–water partition coefficient (Wildman–Crippen LogP) is 1.88. The molecule has 0 bridgehead atoms. The van der Waals surface area contributed by atoms with E-state index in [4.69, 9.17) is 4.42 Å². The van der Waals surface area contributed by atoms with Gasteiger partial charge in [-0.15, -0.1) is 0 Å². The second-order valence-corrected chi connectivity index (χ2v) is 7.85. The van der Waals surface area contributed by atoms with Crippen LogP contribution in [0, 0.1) is 5.92 Å². The molecule has 0 saturated carbocycles. The fourth-order valence-corrected chi connectivity index (χ4v) is 4.52. The van der Waals surface area contributed by atoms with Crippen LogP contribution >= 0.6 is 0 Å². The van der Waals surface area contributed by atoms with Gasteiger partial charge in [0.15, 0.2) is 9.84 Å².